The molecule has 1 aromatic rings. The fraction of sp³-hybridized carbons (Fsp3) is 0.571. The van der Waals surface area contributed by atoms with Crippen LogP contribution in [-0.4, -0.2) is 20.8 Å². The number of hydrogen-bond acceptors (Lipinski definition) is 3. The molecule has 0 aromatic heterocycles. The third-order valence-corrected chi connectivity index (χ3v) is 5.10. The zero-order valence-corrected chi connectivity index (χ0v) is 12.9. The largest absolute Gasteiger partial charge is 0.493 e. The summed E-state index contributed by atoms with van der Waals surface area (Å²) in [5.74, 6) is 0.209. The molecule has 6 heteroatoms. The van der Waals surface area contributed by atoms with Gasteiger partial charge in [-0.25, -0.2) is 12.8 Å². The van der Waals surface area contributed by atoms with Crippen LogP contribution in [0.3, 0.4) is 0 Å². The quantitative estimate of drug-likeness (QED) is 0.778. The molecule has 0 bridgehead atoms. The van der Waals surface area contributed by atoms with Crippen molar-refractivity contribution in [1.29, 1.82) is 0 Å². The van der Waals surface area contributed by atoms with E-state index in [9.17, 15) is 12.8 Å². The molecular weight excluding hydrogens is 303 g/mol. The molecule has 0 aliphatic heterocycles. The highest BCUT2D eigenvalue weighted by molar-refractivity contribution is 8.13. The van der Waals surface area contributed by atoms with Crippen LogP contribution in [0.25, 0.3) is 0 Å². The summed E-state index contributed by atoms with van der Waals surface area (Å²) in [5.41, 5.74) is 0.0935. The van der Waals surface area contributed by atoms with Crippen molar-refractivity contribution in [2.24, 2.45) is 5.41 Å². The topological polar surface area (TPSA) is 43.4 Å². The fourth-order valence-corrected chi connectivity index (χ4v) is 4.56. The Morgan fingerprint density at radius 2 is 2.00 bits per heavy atom. The van der Waals surface area contributed by atoms with Gasteiger partial charge < -0.3 is 4.74 Å². The van der Waals surface area contributed by atoms with Gasteiger partial charge in [-0.2, -0.15) is 0 Å². The van der Waals surface area contributed by atoms with Gasteiger partial charge in [0.15, 0.2) is 0 Å². The summed E-state index contributed by atoms with van der Waals surface area (Å²) in [6.45, 7) is 1.96. The molecule has 2 rings (SSSR count). The summed E-state index contributed by atoms with van der Waals surface area (Å²) < 4.78 is 41.6. The second-order valence-electron chi connectivity index (χ2n) is 5.59. The van der Waals surface area contributed by atoms with E-state index >= 15 is 0 Å². The zero-order valence-electron chi connectivity index (χ0n) is 11.4. The first kappa shape index (κ1) is 15.6. The Balaban J connectivity index is 2.07. The van der Waals surface area contributed by atoms with Crippen molar-refractivity contribution in [1.82, 2.24) is 0 Å². The highest BCUT2D eigenvalue weighted by Crippen LogP contribution is 2.40. The Morgan fingerprint density at radius 3 is 2.55 bits per heavy atom. The van der Waals surface area contributed by atoms with Gasteiger partial charge in [-0.15, -0.1) is 0 Å². The lowest BCUT2D eigenvalue weighted by Gasteiger charge is -2.27. The summed E-state index contributed by atoms with van der Waals surface area (Å²) in [6.07, 6.45) is 3.55. The Bertz CT molecular complexity index is 580. The molecule has 0 amide bonds. The van der Waals surface area contributed by atoms with Crippen LogP contribution in [0.5, 0.6) is 5.75 Å². The third kappa shape index (κ3) is 4.09. The molecule has 112 valence electrons. The second-order valence-corrected chi connectivity index (χ2v) is 8.37. The van der Waals surface area contributed by atoms with Crippen LogP contribution in [0.4, 0.5) is 4.39 Å². The van der Waals surface area contributed by atoms with Gasteiger partial charge in [-0.05, 0) is 43.5 Å². The number of aryl methyl sites for hydroxylation is 1. The van der Waals surface area contributed by atoms with Crippen LogP contribution in [0, 0.1) is 18.2 Å². The number of benzene rings is 1. The molecule has 20 heavy (non-hydrogen) atoms. The molecule has 1 aliphatic rings. The van der Waals surface area contributed by atoms with Crippen LogP contribution >= 0.6 is 10.7 Å². The van der Waals surface area contributed by atoms with Gasteiger partial charge in [0.05, 0.1) is 12.4 Å². The Kier molecular flexibility index (Phi) is 4.59. The molecule has 0 saturated heterocycles. The molecule has 1 aromatic carbocycles. The van der Waals surface area contributed by atoms with Gasteiger partial charge in [0.2, 0.25) is 9.05 Å². The molecule has 0 N–H and O–H groups in total. The normalized spacial score (nSPS) is 18.1. The van der Waals surface area contributed by atoms with E-state index in [4.69, 9.17) is 15.4 Å². The van der Waals surface area contributed by atoms with Crippen LogP contribution in [0.15, 0.2) is 18.2 Å². The highest BCUT2D eigenvalue weighted by Gasteiger charge is 2.38. The summed E-state index contributed by atoms with van der Waals surface area (Å²) in [7, 11) is 1.84. The molecule has 0 unspecified atom stereocenters. The monoisotopic (exact) mass is 320 g/mol. The zero-order chi connectivity index (χ0) is 14.8. The predicted octanol–water partition coefficient (Wildman–Crippen LogP) is 3.64. The van der Waals surface area contributed by atoms with Crippen LogP contribution < -0.4 is 4.74 Å². The lowest BCUT2D eigenvalue weighted by molar-refractivity contribution is 0.171. The lowest BCUT2D eigenvalue weighted by atomic mass is 9.90. The van der Waals surface area contributed by atoms with E-state index < -0.39 is 14.5 Å². The minimum atomic E-state index is -3.55. The van der Waals surface area contributed by atoms with Crippen molar-refractivity contribution in [2.75, 3.05) is 12.4 Å². The Hall–Kier alpha value is -0.810. The first-order valence-corrected chi connectivity index (χ1v) is 9.09. The highest BCUT2D eigenvalue weighted by atomic mass is 35.7. The van der Waals surface area contributed by atoms with E-state index in [2.05, 4.69) is 0 Å². The summed E-state index contributed by atoms with van der Waals surface area (Å²) >= 11 is 0. The number of halogens is 2. The average Bonchev–Trinajstić information content (AvgIpc) is 2.77. The molecule has 3 nitrogen and oxygen atoms in total. The minimum absolute atomic E-state index is 0.0677. The first-order valence-electron chi connectivity index (χ1n) is 6.61. The van der Waals surface area contributed by atoms with Crippen molar-refractivity contribution < 1.29 is 17.5 Å². The van der Waals surface area contributed by atoms with Crippen molar-refractivity contribution in [3.63, 3.8) is 0 Å². The van der Waals surface area contributed by atoms with Crippen molar-refractivity contribution >= 4 is 19.7 Å². The Morgan fingerprint density at radius 1 is 1.35 bits per heavy atom. The molecule has 1 fully saturated rings. The van der Waals surface area contributed by atoms with Crippen molar-refractivity contribution in [3.8, 4) is 5.75 Å². The second kappa shape index (κ2) is 5.90. The summed E-state index contributed by atoms with van der Waals surface area (Å²) in [6, 6.07) is 4.53. The SMILES string of the molecule is Cc1cc(OCC2(CS(=O)(=O)Cl)CCCC2)ccc1F. The van der Waals surface area contributed by atoms with Crippen LogP contribution in [0.2, 0.25) is 0 Å². The molecule has 0 radical (unpaired) electrons. The summed E-state index contributed by atoms with van der Waals surface area (Å²) in [4.78, 5) is 0. The molecule has 1 aliphatic carbocycles. The molecule has 1 saturated carbocycles. The van der Waals surface area contributed by atoms with Gasteiger partial charge in [-0.1, -0.05) is 12.8 Å². The number of ether oxygens (including phenoxy) is 1. The van der Waals surface area contributed by atoms with E-state index in [0.717, 1.165) is 25.7 Å². The van der Waals surface area contributed by atoms with Gasteiger partial charge in [0.1, 0.15) is 11.6 Å². The standard InChI is InChI=1S/C14H18ClFO3S/c1-11-8-12(4-5-13(11)16)19-9-14(6-2-3-7-14)10-20(15,17)18/h4-5,8H,2-3,6-7,9-10H2,1H3. The fourth-order valence-electron chi connectivity index (χ4n) is 2.76. The van der Waals surface area contributed by atoms with Gasteiger partial charge in [0, 0.05) is 16.1 Å². The third-order valence-electron chi connectivity index (χ3n) is 3.82. The minimum Gasteiger partial charge on any atom is -0.493 e. The van der Waals surface area contributed by atoms with Crippen molar-refractivity contribution in [2.45, 2.75) is 32.6 Å². The average molecular weight is 321 g/mol. The smallest absolute Gasteiger partial charge is 0.233 e. The van der Waals surface area contributed by atoms with Gasteiger partial charge in [0.25, 0.3) is 0 Å². The molecule has 0 atom stereocenters. The van der Waals surface area contributed by atoms with Gasteiger partial charge in [-0.3, -0.25) is 0 Å². The first-order chi connectivity index (χ1) is 9.30. The molecular formula is C14H18ClFO3S. The lowest BCUT2D eigenvalue weighted by Crippen LogP contribution is -2.32. The molecule has 0 heterocycles. The summed E-state index contributed by atoms with van der Waals surface area (Å²) in [5, 5.41) is 0. The Labute approximate surface area is 123 Å². The predicted molar refractivity (Wildman–Crippen MR) is 77.2 cm³/mol. The van der Waals surface area contributed by atoms with Crippen molar-refractivity contribution in [3.05, 3.63) is 29.6 Å². The number of rotatable bonds is 5. The van der Waals surface area contributed by atoms with Crippen LogP contribution in [0.1, 0.15) is 31.2 Å². The van der Waals surface area contributed by atoms with Gasteiger partial charge >= 0.3 is 0 Å². The maximum absolute atomic E-state index is 13.2. The van der Waals surface area contributed by atoms with E-state index in [1.165, 1.54) is 6.07 Å². The van der Waals surface area contributed by atoms with E-state index in [0.29, 0.717) is 17.9 Å². The maximum atomic E-state index is 13.2. The van der Waals surface area contributed by atoms with E-state index in [1.807, 2.05) is 0 Å². The number of hydrogen-bond donors (Lipinski definition) is 0. The molecule has 0 spiro atoms. The maximum Gasteiger partial charge on any atom is 0.233 e. The van der Waals surface area contributed by atoms with Crippen LogP contribution in [-0.2, 0) is 9.05 Å². The van der Waals surface area contributed by atoms with E-state index in [1.54, 1.807) is 19.1 Å². The van der Waals surface area contributed by atoms with E-state index in [-0.39, 0.29) is 11.6 Å².